The first-order valence-electron chi connectivity index (χ1n) is 7.38. The van der Waals surface area contributed by atoms with Gasteiger partial charge in [0.25, 0.3) is 0 Å². The zero-order valence-corrected chi connectivity index (χ0v) is 13.1. The molecule has 2 saturated carbocycles. The number of thioether (sulfide) groups is 1. The van der Waals surface area contributed by atoms with E-state index in [0.717, 1.165) is 29.7 Å². The average molecular weight is 310 g/mol. The highest BCUT2D eigenvalue weighted by Gasteiger charge is 2.42. The van der Waals surface area contributed by atoms with Gasteiger partial charge in [-0.2, -0.15) is 0 Å². The van der Waals surface area contributed by atoms with Gasteiger partial charge in [0.2, 0.25) is 5.91 Å². The second kappa shape index (κ2) is 6.40. The maximum Gasteiger partial charge on any atom is 0.223 e. The zero-order chi connectivity index (χ0) is 13.9. The third kappa shape index (κ3) is 3.32. The molecule has 0 radical (unpaired) electrons. The van der Waals surface area contributed by atoms with E-state index in [1.54, 1.807) is 11.8 Å². The Balaban J connectivity index is 1.37. The summed E-state index contributed by atoms with van der Waals surface area (Å²) in [6.07, 6.45) is 5.03. The molecule has 4 heteroatoms. The first-order chi connectivity index (χ1) is 9.72. The van der Waals surface area contributed by atoms with Gasteiger partial charge in [0.15, 0.2) is 0 Å². The van der Waals surface area contributed by atoms with Crippen molar-refractivity contribution in [2.75, 3.05) is 12.3 Å². The highest BCUT2D eigenvalue weighted by molar-refractivity contribution is 7.99. The number of hydrogen-bond acceptors (Lipinski definition) is 2. The van der Waals surface area contributed by atoms with Gasteiger partial charge in [0.05, 0.1) is 0 Å². The Kier molecular flexibility index (Phi) is 4.57. The minimum absolute atomic E-state index is 0.286. The molecule has 1 N–H and O–H groups in total. The number of fused-ring (bicyclic) bond motifs is 2. The maximum atomic E-state index is 12.2. The second-order valence-corrected chi connectivity index (χ2v) is 7.48. The van der Waals surface area contributed by atoms with E-state index in [-0.39, 0.29) is 5.91 Å². The molecule has 2 aliphatic carbocycles. The fraction of sp³-hybridized carbons (Fsp3) is 0.562. The molecule has 0 aromatic heterocycles. The largest absolute Gasteiger partial charge is 0.355 e. The molecule has 20 heavy (non-hydrogen) atoms. The molecular formula is C16H20ClNOS. The summed E-state index contributed by atoms with van der Waals surface area (Å²) in [5.41, 5.74) is 0. The number of benzene rings is 1. The van der Waals surface area contributed by atoms with E-state index in [0.29, 0.717) is 11.8 Å². The molecule has 2 fully saturated rings. The number of carbonyl (C=O) groups excluding carboxylic acids is 1. The van der Waals surface area contributed by atoms with Gasteiger partial charge < -0.3 is 5.32 Å². The van der Waals surface area contributed by atoms with Crippen LogP contribution in [0.1, 0.15) is 25.7 Å². The van der Waals surface area contributed by atoms with Crippen molar-refractivity contribution < 1.29 is 4.79 Å². The molecule has 3 atom stereocenters. The molecule has 3 rings (SSSR count). The van der Waals surface area contributed by atoms with Crippen molar-refractivity contribution in [3.8, 4) is 0 Å². The Labute approximate surface area is 129 Å². The number of amides is 1. The van der Waals surface area contributed by atoms with Crippen LogP contribution in [-0.4, -0.2) is 18.2 Å². The lowest BCUT2D eigenvalue weighted by atomic mass is 9.88. The van der Waals surface area contributed by atoms with Gasteiger partial charge in [-0.3, -0.25) is 4.79 Å². The van der Waals surface area contributed by atoms with Gasteiger partial charge in [0, 0.05) is 28.1 Å². The van der Waals surface area contributed by atoms with Gasteiger partial charge in [0.1, 0.15) is 0 Å². The van der Waals surface area contributed by atoms with Gasteiger partial charge in [-0.15, -0.1) is 11.8 Å². The van der Waals surface area contributed by atoms with Crippen LogP contribution in [0.25, 0.3) is 0 Å². The van der Waals surface area contributed by atoms with E-state index >= 15 is 0 Å². The molecule has 1 aromatic carbocycles. The summed E-state index contributed by atoms with van der Waals surface area (Å²) in [5, 5.41) is 3.87. The highest BCUT2D eigenvalue weighted by atomic mass is 35.5. The van der Waals surface area contributed by atoms with Crippen LogP contribution in [0.2, 0.25) is 5.02 Å². The number of rotatable bonds is 5. The van der Waals surface area contributed by atoms with Crippen molar-refractivity contribution >= 4 is 29.3 Å². The molecule has 2 nitrogen and oxygen atoms in total. The Bertz CT molecular complexity index is 476. The first-order valence-corrected chi connectivity index (χ1v) is 8.75. The quantitative estimate of drug-likeness (QED) is 0.658. The maximum absolute atomic E-state index is 12.2. The number of nitrogens with one attached hydrogen (secondary N) is 1. The average Bonchev–Trinajstić information content (AvgIpc) is 3.08. The van der Waals surface area contributed by atoms with Crippen molar-refractivity contribution in [3.05, 3.63) is 29.3 Å². The third-order valence-electron chi connectivity index (χ3n) is 4.56. The van der Waals surface area contributed by atoms with Crippen LogP contribution in [0.5, 0.6) is 0 Å². The van der Waals surface area contributed by atoms with Crippen LogP contribution in [0, 0.1) is 17.8 Å². The molecule has 2 aliphatic rings. The van der Waals surface area contributed by atoms with Crippen LogP contribution in [-0.2, 0) is 4.79 Å². The monoisotopic (exact) mass is 309 g/mol. The minimum atomic E-state index is 0.286. The Hall–Kier alpha value is -0.670. The molecule has 0 spiro atoms. The first kappa shape index (κ1) is 14.3. The predicted octanol–water partition coefficient (Wildman–Crippen LogP) is 3.98. The molecule has 0 saturated heterocycles. The predicted molar refractivity (Wildman–Crippen MR) is 84.1 cm³/mol. The van der Waals surface area contributed by atoms with Crippen LogP contribution >= 0.6 is 23.4 Å². The molecule has 0 heterocycles. The van der Waals surface area contributed by atoms with E-state index in [9.17, 15) is 4.79 Å². The standard InChI is InChI=1S/C16H20ClNOS/c17-13-3-5-14(6-4-13)20-8-7-18-16(19)15-10-11-1-2-12(15)9-11/h3-6,11-12,15H,1-2,7-10H2,(H,18,19). The van der Waals surface area contributed by atoms with Gasteiger partial charge in [-0.1, -0.05) is 18.0 Å². The lowest BCUT2D eigenvalue weighted by molar-refractivity contribution is -0.126. The molecular weight excluding hydrogens is 290 g/mol. The number of carbonyl (C=O) groups is 1. The third-order valence-corrected chi connectivity index (χ3v) is 5.82. The van der Waals surface area contributed by atoms with Crippen molar-refractivity contribution in [2.45, 2.75) is 30.6 Å². The lowest BCUT2D eigenvalue weighted by Crippen LogP contribution is -2.34. The lowest BCUT2D eigenvalue weighted by Gasteiger charge is -2.20. The Morgan fingerprint density at radius 1 is 1.25 bits per heavy atom. The van der Waals surface area contributed by atoms with Crippen molar-refractivity contribution in [3.63, 3.8) is 0 Å². The fourth-order valence-electron chi connectivity index (χ4n) is 3.57. The van der Waals surface area contributed by atoms with E-state index in [1.165, 1.54) is 24.2 Å². The molecule has 2 bridgehead atoms. The summed E-state index contributed by atoms with van der Waals surface area (Å²) >= 11 is 7.61. The topological polar surface area (TPSA) is 29.1 Å². The van der Waals surface area contributed by atoms with Crippen molar-refractivity contribution in [2.24, 2.45) is 17.8 Å². The van der Waals surface area contributed by atoms with Crippen LogP contribution < -0.4 is 5.32 Å². The van der Waals surface area contributed by atoms with Gasteiger partial charge in [-0.05, 0) is 55.4 Å². The summed E-state index contributed by atoms with van der Waals surface area (Å²) in [5.74, 6) is 3.00. The molecule has 1 aromatic rings. The normalized spacial score (nSPS) is 27.8. The molecule has 3 unspecified atom stereocenters. The molecule has 108 valence electrons. The van der Waals surface area contributed by atoms with Crippen molar-refractivity contribution in [1.29, 1.82) is 0 Å². The highest BCUT2D eigenvalue weighted by Crippen LogP contribution is 2.48. The van der Waals surface area contributed by atoms with E-state index in [4.69, 9.17) is 11.6 Å². The molecule has 0 aliphatic heterocycles. The summed E-state index contributed by atoms with van der Waals surface area (Å²) in [7, 11) is 0. The number of hydrogen-bond donors (Lipinski definition) is 1. The van der Waals surface area contributed by atoms with E-state index < -0.39 is 0 Å². The second-order valence-electron chi connectivity index (χ2n) is 5.87. The minimum Gasteiger partial charge on any atom is -0.355 e. The van der Waals surface area contributed by atoms with E-state index in [1.807, 2.05) is 24.3 Å². The van der Waals surface area contributed by atoms with Gasteiger partial charge in [-0.25, -0.2) is 0 Å². The van der Waals surface area contributed by atoms with Crippen LogP contribution in [0.3, 0.4) is 0 Å². The van der Waals surface area contributed by atoms with E-state index in [2.05, 4.69) is 5.32 Å². The molecule has 1 amide bonds. The summed E-state index contributed by atoms with van der Waals surface area (Å²) < 4.78 is 0. The number of halogens is 1. The van der Waals surface area contributed by atoms with Crippen molar-refractivity contribution in [1.82, 2.24) is 5.32 Å². The van der Waals surface area contributed by atoms with Gasteiger partial charge >= 0.3 is 0 Å². The van der Waals surface area contributed by atoms with Crippen LogP contribution in [0.15, 0.2) is 29.2 Å². The zero-order valence-electron chi connectivity index (χ0n) is 11.5. The fourth-order valence-corrected chi connectivity index (χ4v) is 4.47. The summed E-state index contributed by atoms with van der Waals surface area (Å²) in [6, 6.07) is 7.84. The summed E-state index contributed by atoms with van der Waals surface area (Å²) in [6.45, 7) is 0.750. The summed E-state index contributed by atoms with van der Waals surface area (Å²) in [4.78, 5) is 13.4. The SMILES string of the molecule is O=C(NCCSc1ccc(Cl)cc1)C1CC2CCC1C2. The Morgan fingerprint density at radius 3 is 2.70 bits per heavy atom. The van der Waals surface area contributed by atoms with Crippen LogP contribution in [0.4, 0.5) is 0 Å². The smallest absolute Gasteiger partial charge is 0.223 e. The Morgan fingerprint density at radius 2 is 2.05 bits per heavy atom.